The maximum atomic E-state index is 11.5. The van der Waals surface area contributed by atoms with Crippen molar-refractivity contribution in [2.45, 2.75) is 0 Å². The molecule has 0 saturated carbocycles. The average Bonchev–Trinajstić information content (AvgIpc) is 2.47. The van der Waals surface area contributed by atoms with Gasteiger partial charge in [-0.25, -0.2) is 4.79 Å². The number of phenolic OH excluding ortho intramolecular Hbond substituents is 1. The fourth-order valence-corrected chi connectivity index (χ4v) is 2.39. The first-order valence-corrected chi connectivity index (χ1v) is 6.21. The second kappa shape index (κ2) is 4.70. The Morgan fingerprint density at radius 3 is 2.25 bits per heavy atom. The lowest BCUT2D eigenvalue weighted by Gasteiger charge is -2.11. The van der Waals surface area contributed by atoms with Crippen molar-refractivity contribution in [1.29, 1.82) is 0 Å². The quantitative estimate of drug-likeness (QED) is 0.737. The number of fused-ring (bicyclic) bond motifs is 1. The molecule has 2 N–H and O–H groups in total. The zero-order chi connectivity index (χ0) is 14.1. The van der Waals surface area contributed by atoms with Crippen molar-refractivity contribution in [2.75, 3.05) is 0 Å². The predicted molar refractivity (Wildman–Crippen MR) is 78.0 cm³/mol. The van der Waals surface area contributed by atoms with E-state index < -0.39 is 5.97 Å². The van der Waals surface area contributed by atoms with Crippen LogP contribution in [0, 0.1) is 0 Å². The molecule has 0 fully saturated rings. The Bertz CT molecular complexity index is 789. The van der Waals surface area contributed by atoms with Crippen LogP contribution in [-0.2, 0) is 0 Å². The Hall–Kier alpha value is -2.81. The number of aromatic hydroxyl groups is 1. The lowest BCUT2D eigenvalue weighted by Crippen LogP contribution is -2.00. The second-order valence-corrected chi connectivity index (χ2v) is 4.56. The topological polar surface area (TPSA) is 57.5 Å². The fourth-order valence-electron chi connectivity index (χ4n) is 2.39. The third kappa shape index (κ3) is 1.99. The first-order valence-electron chi connectivity index (χ1n) is 6.21. The first-order chi connectivity index (χ1) is 9.66. The number of hydrogen-bond donors (Lipinski definition) is 2. The van der Waals surface area contributed by atoms with Crippen LogP contribution in [0.5, 0.6) is 5.75 Å². The smallest absolute Gasteiger partial charge is 0.336 e. The van der Waals surface area contributed by atoms with Crippen LogP contribution in [-0.4, -0.2) is 16.2 Å². The number of aromatic carboxylic acids is 1. The third-order valence-corrected chi connectivity index (χ3v) is 3.32. The van der Waals surface area contributed by atoms with Gasteiger partial charge < -0.3 is 10.2 Å². The van der Waals surface area contributed by atoms with E-state index in [0.717, 1.165) is 16.3 Å². The highest BCUT2D eigenvalue weighted by atomic mass is 16.4. The van der Waals surface area contributed by atoms with Crippen LogP contribution in [0.2, 0.25) is 0 Å². The number of hydrogen-bond acceptors (Lipinski definition) is 2. The highest BCUT2D eigenvalue weighted by molar-refractivity contribution is 6.07. The van der Waals surface area contributed by atoms with Crippen molar-refractivity contribution in [3.05, 3.63) is 66.2 Å². The number of benzene rings is 3. The summed E-state index contributed by atoms with van der Waals surface area (Å²) in [4.78, 5) is 11.5. The summed E-state index contributed by atoms with van der Waals surface area (Å²) in [6.45, 7) is 0. The molecule has 0 aliphatic carbocycles. The first kappa shape index (κ1) is 12.2. The second-order valence-electron chi connectivity index (χ2n) is 4.56. The predicted octanol–water partition coefficient (Wildman–Crippen LogP) is 3.91. The molecule has 0 saturated heterocycles. The molecule has 0 aromatic heterocycles. The summed E-state index contributed by atoms with van der Waals surface area (Å²) in [5.74, 6) is -0.801. The molecule has 0 aliphatic rings. The summed E-state index contributed by atoms with van der Waals surface area (Å²) in [6.07, 6.45) is 0. The van der Waals surface area contributed by atoms with Crippen molar-refractivity contribution in [3.8, 4) is 16.9 Å². The molecule has 3 heteroatoms. The summed E-state index contributed by atoms with van der Waals surface area (Å²) < 4.78 is 0. The zero-order valence-electron chi connectivity index (χ0n) is 10.6. The minimum atomic E-state index is -0.959. The van der Waals surface area contributed by atoms with Gasteiger partial charge in [-0.3, -0.25) is 0 Å². The van der Waals surface area contributed by atoms with Gasteiger partial charge in [-0.05, 0) is 34.5 Å². The molecule has 0 radical (unpaired) electrons. The number of carboxylic acid groups (broad SMARTS) is 1. The third-order valence-electron chi connectivity index (χ3n) is 3.32. The molecule has 20 heavy (non-hydrogen) atoms. The molecule has 3 rings (SSSR count). The van der Waals surface area contributed by atoms with E-state index in [1.54, 1.807) is 30.3 Å². The number of rotatable bonds is 2. The van der Waals surface area contributed by atoms with Crippen molar-refractivity contribution >= 4 is 16.7 Å². The van der Waals surface area contributed by atoms with Gasteiger partial charge in [0.25, 0.3) is 0 Å². The van der Waals surface area contributed by atoms with Crippen molar-refractivity contribution in [2.24, 2.45) is 0 Å². The Morgan fingerprint density at radius 2 is 1.55 bits per heavy atom. The highest BCUT2D eigenvalue weighted by Gasteiger charge is 2.14. The summed E-state index contributed by atoms with van der Waals surface area (Å²) >= 11 is 0. The fraction of sp³-hybridized carbons (Fsp3) is 0. The maximum Gasteiger partial charge on any atom is 0.336 e. The monoisotopic (exact) mass is 264 g/mol. The lowest BCUT2D eigenvalue weighted by molar-refractivity contribution is 0.0698. The van der Waals surface area contributed by atoms with Crippen molar-refractivity contribution in [3.63, 3.8) is 0 Å². The van der Waals surface area contributed by atoms with Gasteiger partial charge in [0.05, 0.1) is 5.56 Å². The molecule has 3 aromatic rings. The van der Waals surface area contributed by atoms with Crippen LogP contribution >= 0.6 is 0 Å². The van der Waals surface area contributed by atoms with E-state index in [2.05, 4.69) is 0 Å². The standard InChI is InChI=1S/C17H12O3/c18-13-8-5-12(6-9-13)16-14-4-2-1-3-11(14)7-10-15(16)17(19)20/h1-10,18H,(H,19,20). The van der Waals surface area contributed by atoms with Gasteiger partial charge in [0.2, 0.25) is 0 Å². The van der Waals surface area contributed by atoms with Crippen molar-refractivity contribution in [1.82, 2.24) is 0 Å². The Kier molecular flexibility index (Phi) is 2.88. The zero-order valence-corrected chi connectivity index (χ0v) is 10.6. The average molecular weight is 264 g/mol. The Morgan fingerprint density at radius 1 is 0.850 bits per heavy atom. The minimum absolute atomic E-state index is 0.158. The van der Waals surface area contributed by atoms with Gasteiger partial charge in [-0.2, -0.15) is 0 Å². The Balaban J connectivity index is 2.38. The van der Waals surface area contributed by atoms with Gasteiger partial charge in [-0.1, -0.05) is 42.5 Å². The van der Waals surface area contributed by atoms with Crippen molar-refractivity contribution < 1.29 is 15.0 Å². The molecular formula is C17H12O3. The molecule has 0 unspecified atom stereocenters. The van der Waals surface area contributed by atoms with Gasteiger partial charge >= 0.3 is 5.97 Å². The lowest BCUT2D eigenvalue weighted by atomic mass is 9.93. The molecule has 0 bridgehead atoms. The molecule has 3 aromatic carbocycles. The molecule has 3 nitrogen and oxygen atoms in total. The number of carboxylic acids is 1. The van der Waals surface area contributed by atoms with Crippen LogP contribution in [0.25, 0.3) is 21.9 Å². The van der Waals surface area contributed by atoms with E-state index in [0.29, 0.717) is 5.56 Å². The summed E-state index contributed by atoms with van der Waals surface area (Å²) in [5, 5.41) is 20.6. The van der Waals surface area contributed by atoms with E-state index >= 15 is 0 Å². The summed E-state index contributed by atoms with van der Waals surface area (Å²) in [6, 6.07) is 17.7. The summed E-state index contributed by atoms with van der Waals surface area (Å²) in [7, 11) is 0. The highest BCUT2D eigenvalue weighted by Crippen LogP contribution is 2.33. The van der Waals surface area contributed by atoms with E-state index in [4.69, 9.17) is 0 Å². The molecule has 0 heterocycles. The maximum absolute atomic E-state index is 11.5. The Labute approximate surface area is 115 Å². The van der Waals surface area contributed by atoms with Crippen LogP contribution < -0.4 is 0 Å². The van der Waals surface area contributed by atoms with E-state index in [1.807, 2.05) is 30.3 Å². The molecule has 0 atom stereocenters. The van der Waals surface area contributed by atoms with Gasteiger partial charge in [0.15, 0.2) is 0 Å². The van der Waals surface area contributed by atoms with Gasteiger partial charge in [0, 0.05) is 5.56 Å². The number of carbonyl (C=O) groups is 1. The molecule has 0 amide bonds. The summed E-state index contributed by atoms with van der Waals surface area (Å²) in [5.41, 5.74) is 1.71. The largest absolute Gasteiger partial charge is 0.508 e. The molecule has 98 valence electrons. The normalized spacial score (nSPS) is 10.6. The van der Waals surface area contributed by atoms with Crippen LogP contribution in [0.3, 0.4) is 0 Å². The van der Waals surface area contributed by atoms with E-state index in [1.165, 1.54) is 0 Å². The van der Waals surface area contributed by atoms with Crippen LogP contribution in [0.1, 0.15) is 10.4 Å². The van der Waals surface area contributed by atoms with E-state index in [-0.39, 0.29) is 11.3 Å². The number of phenols is 1. The van der Waals surface area contributed by atoms with Crippen LogP contribution in [0.4, 0.5) is 0 Å². The van der Waals surface area contributed by atoms with Gasteiger partial charge in [0.1, 0.15) is 5.75 Å². The van der Waals surface area contributed by atoms with Gasteiger partial charge in [-0.15, -0.1) is 0 Å². The molecular weight excluding hydrogens is 252 g/mol. The van der Waals surface area contributed by atoms with E-state index in [9.17, 15) is 15.0 Å². The van der Waals surface area contributed by atoms with Crippen LogP contribution in [0.15, 0.2) is 60.7 Å². The molecule has 0 spiro atoms. The minimum Gasteiger partial charge on any atom is -0.508 e. The molecule has 0 aliphatic heterocycles. The SMILES string of the molecule is O=C(O)c1ccc2ccccc2c1-c1ccc(O)cc1.